The highest BCUT2D eigenvalue weighted by Crippen LogP contribution is 2.37. The Morgan fingerprint density at radius 3 is 2.40 bits per heavy atom. The molecule has 2 aliphatic rings. The summed E-state index contributed by atoms with van der Waals surface area (Å²) in [4.78, 5) is 20.3. The van der Waals surface area contributed by atoms with Crippen LogP contribution in [0.1, 0.15) is 38.2 Å². The molecule has 35 heavy (non-hydrogen) atoms. The molecule has 3 aromatic rings. The van der Waals surface area contributed by atoms with E-state index in [1.165, 1.54) is 33.5 Å². The zero-order chi connectivity index (χ0) is 24.5. The number of fused-ring (bicyclic) bond motifs is 1. The normalized spacial score (nSPS) is 17.9. The first-order valence-electron chi connectivity index (χ1n) is 12.7. The largest absolute Gasteiger partial charge is 0.322 e. The molecular formula is C28H35FN4OS. The number of carbonyl (C=O) groups is 1. The highest BCUT2D eigenvalue weighted by molar-refractivity contribution is 7.98. The van der Waals surface area contributed by atoms with Gasteiger partial charge in [-0.25, -0.2) is 9.18 Å². The molecule has 2 aromatic carbocycles. The molecule has 7 heteroatoms. The van der Waals surface area contributed by atoms with Crippen LogP contribution in [-0.4, -0.2) is 76.9 Å². The minimum Gasteiger partial charge on any atom is -0.322 e. The molecule has 5 rings (SSSR count). The predicted octanol–water partition coefficient (Wildman–Crippen LogP) is 5.82. The van der Waals surface area contributed by atoms with Crippen molar-refractivity contribution in [3.05, 3.63) is 60.0 Å². The number of hydrogen-bond acceptors (Lipinski definition) is 3. The third kappa shape index (κ3) is 4.94. The molecule has 2 aliphatic heterocycles. The Labute approximate surface area is 211 Å². The van der Waals surface area contributed by atoms with Crippen molar-refractivity contribution in [1.29, 1.82) is 0 Å². The van der Waals surface area contributed by atoms with Crippen molar-refractivity contribution in [2.45, 2.75) is 43.5 Å². The molecule has 2 amide bonds. The maximum Gasteiger partial charge on any atom is 0.320 e. The van der Waals surface area contributed by atoms with Crippen LogP contribution in [0.25, 0.3) is 16.6 Å². The number of benzene rings is 2. The number of rotatable bonds is 7. The summed E-state index contributed by atoms with van der Waals surface area (Å²) in [7, 11) is 0. The van der Waals surface area contributed by atoms with Gasteiger partial charge in [-0.15, -0.1) is 11.8 Å². The third-order valence-electron chi connectivity index (χ3n) is 7.61. The maximum atomic E-state index is 13.6. The fourth-order valence-electron chi connectivity index (χ4n) is 5.52. The van der Waals surface area contributed by atoms with Crippen LogP contribution in [0.15, 0.2) is 53.6 Å². The second kappa shape index (κ2) is 10.2. The van der Waals surface area contributed by atoms with Crippen molar-refractivity contribution in [3.8, 4) is 5.69 Å². The number of hydrogen-bond donors (Lipinski definition) is 0. The first-order chi connectivity index (χ1) is 16.9. The first-order valence-corrected chi connectivity index (χ1v) is 13.9. The molecule has 2 saturated heterocycles. The number of amides is 2. The Balaban J connectivity index is 1.28. The van der Waals surface area contributed by atoms with Gasteiger partial charge in [0.05, 0.1) is 5.52 Å². The molecule has 0 aliphatic carbocycles. The van der Waals surface area contributed by atoms with Crippen molar-refractivity contribution < 1.29 is 9.18 Å². The number of thioether (sulfide) groups is 1. The SMILES string of the molecule is CSc1ccc2c(C3CCN(CCN4CCN(C(C)C)C4=O)CC3)cn(-c3ccc(F)cc3)c2c1. The van der Waals surface area contributed by atoms with E-state index in [2.05, 4.69) is 54.0 Å². The van der Waals surface area contributed by atoms with E-state index < -0.39 is 0 Å². The molecule has 5 nitrogen and oxygen atoms in total. The summed E-state index contributed by atoms with van der Waals surface area (Å²) in [6, 6.07) is 13.9. The number of piperidine rings is 1. The van der Waals surface area contributed by atoms with E-state index in [1.54, 1.807) is 11.8 Å². The molecular weight excluding hydrogens is 459 g/mol. The van der Waals surface area contributed by atoms with Gasteiger partial charge < -0.3 is 19.3 Å². The number of nitrogens with zero attached hydrogens (tertiary/aromatic N) is 4. The smallest absolute Gasteiger partial charge is 0.320 e. The highest BCUT2D eigenvalue weighted by Gasteiger charge is 2.31. The fourth-order valence-corrected chi connectivity index (χ4v) is 5.95. The average Bonchev–Trinajstić information content (AvgIpc) is 3.43. The Kier molecular flexibility index (Phi) is 7.07. The number of likely N-dealkylation sites (tertiary alicyclic amines) is 1. The molecule has 0 spiro atoms. The monoisotopic (exact) mass is 494 g/mol. The van der Waals surface area contributed by atoms with E-state index in [-0.39, 0.29) is 17.9 Å². The lowest BCUT2D eigenvalue weighted by Gasteiger charge is -2.33. The molecule has 0 N–H and O–H groups in total. The average molecular weight is 495 g/mol. The molecule has 0 unspecified atom stereocenters. The topological polar surface area (TPSA) is 31.7 Å². The second-order valence-electron chi connectivity index (χ2n) is 9.99. The van der Waals surface area contributed by atoms with E-state index >= 15 is 0 Å². The van der Waals surface area contributed by atoms with Crippen LogP contribution in [-0.2, 0) is 0 Å². The molecule has 0 atom stereocenters. The highest BCUT2D eigenvalue weighted by atomic mass is 32.2. The van der Waals surface area contributed by atoms with Crippen LogP contribution in [0.3, 0.4) is 0 Å². The van der Waals surface area contributed by atoms with Gasteiger partial charge in [0.15, 0.2) is 0 Å². The first kappa shape index (κ1) is 24.2. The second-order valence-corrected chi connectivity index (χ2v) is 10.9. The van der Waals surface area contributed by atoms with Crippen LogP contribution in [0.4, 0.5) is 9.18 Å². The van der Waals surface area contributed by atoms with Crippen LogP contribution in [0, 0.1) is 5.82 Å². The van der Waals surface area contributed by atoms with Gasteiger partial charge in [0, 0.05) is 54.4 Å². The Bertz CT molecular complexity index is 1180. The molecule has 1 aromatic heterocycles. The van der Waals surface area contributed by atoms with E-state index in [0.717, 1.165) is 57.8 Å². The molecule has 0 bridgehead atoms. The number of aromatic nitrogens is 1. The van der Waals surface area contributed by atoms with E-state index in [4.69, 9.17) is 0 Å². The van der Waals surface area contributed by atoms with Crippen LogP contribution < -0.4 is 0 Å². The van der Waals surface area contributed by atoms with E-state index in [1.807, 2.05) is 21.9 Å². The summed E-state index contributed by atoms with van der Waals surface area (Å²) in [5.41, 5.74) is 3.56. The minimum absolute atomic E-state index is 0.188. The predicted molar refractivity (Wildman–Crippen MR) is 142 cm³/mol. The Morgan fingerprint density at radius 1 is 1.00 bits per heavy atom. The maximum absolute atomic E-state index is 13.6. The molecule has 2 fully saturated rings. The van der Waals surface area contributed by atoms with Crippen molar-refractivity contribution in [2.24, 2.45) is 0 Å². The zero-order valence-electron chi connectivity index (χ0n) is 20.9. The van der Waals surface area contributed by atoms with Gasteiger partial charge in [-0.05, 0) is 93.9 Å². The summed E-state index contributed by atoms with van der Waals surface area (Å²) < 4.78 is 15.8. The quantitative estimate of drug-likeness (QED) is 0.388. The summed E-state index contributed by atoms with van der Waals surface area (Å²) in [5.74, 6) is 0.288. The van der Waals surface area contributed by atoms with Gasteiger partial charge >= 0.3 is 6.03 Å². The number of urea groups is 1. The van der Waals surface area contributed by atoms with Crippen LogP contribution in [0.2, 0.25) is 0 Å². The molecule has 186 valence electrons. The van der Waals surface area contributed by atoms with Crippen molar-refractivity contribution in [3.63, 3.8) is 0 Å². The number of carbonyl (C=O) groups excluding carboxylic acids is 1. The third-order valence-corrected chi connectivity index (χ3v) is 8.34. The summed E-state index contributed by atoms with van der Waals surface area (Å²) in [6.45, 7) is 9.71. The Morgan fingerprint density at radius 2 is 1.74 bits per heavy atom. The van der Waals surface area contributed by atoms with Gasteiger partial charge in [-0.3, -0.25) is 0 Å². The Hall–Kier alpha value is -2.51. The van der Waals surface area contributed by atoms with Crippen molar-refractivity contribution in [2.75, 3.05) is 45.5 Å². The van der Waals surface area contributed by atoms with Crippen LogP contribution in [0.5, 0.6) is 0 Å². The van der Waals surface area contributed by atoms with Gasteiger partial charge in [0.2, 0.25) is 0 Å². The molecule has 0 radical (unpaired) electrons. The fraction of sp³-hybridized carbons (Fsp3) is 0.464. The number of halogens is 1. The minimum atomic E-state index is -0.213. The lowest BCUT2D eigenvalue weighted by atomic mass is 9.89. The van der Waals surface area contributed by atoms with E-state index in [9.17, 15) is 9.18 Å². The van der Waals surface area contributed by atoms with Crippen LogP contribution >= 0.6 is 11.8 Å². The van der Waals surface area contributed by atoms with Gasteiger partial charge in [-0.1, -0.05) is 6.07 Å². The standard InChI is InChI=1S/C28H35FN4OS/c1-20(2)32-17-16-31(28(32)34)15-14-30-12-10-21(11-13-30)26-19-33(23-6-4-22(29)5-7-23)27-18-24(35-3)8-9-25(26)27/h4-9,18-21H,10-17H2,1-3H3. The lowest BCUT2D eigenvalue weighted by molar-refractivity contribution is 0.166. The van der Waals surface area contributed by atoms with Gasteiger partial charge in [0.25, 0.3) is 0 Å². The summed E-state index contributed by atoms with van der Waals surface area (Å²) in [6.07, 6.45) is 6.59. The lowest BCUT2D eigenvalue weighted by Crippen LogP contribution is -2.41. The van der Waals surface area contributed by atoms with Crippen molar-refractivity contribution >= 4 is 28.7 Å². The van der Waals surface area contributed by atoms with Gasteiger partial charge in [-0.2, -0.15) is 0 Å². The summed E-state index contributed by atoms with van der Waals surface area (Å²) in [5, 5.41) is 1.29. The summed E-state index contributed by atoms with van der Waals surface area (Å²) >= 11 is 1.74. The zero-order valence-corrected chi connectivity index (χ0v) is 21.7. The van der Waals surface area contributed by atoms with Crippen molar-refractivity contribution in [1.82, 2.24) is 19.3 Å². The molecule has 0 saturated carbocycles. The van der Waals surface area contributed by atoms with Gasteiger partial charge in [0.1, 0.15) is 5.82 Å². The van der Waals surface area contributed by atoms with E-state index in [0.29, 0.717) is 5.92 Å². The molecule has 3 heterocycles.